The van der Waals surface area contributed by atoms with Crippen molar-refractivity contribution >= 4 is 52.6 Å². The van der Waals surface area contributed by atoms with Crippen molar-refractivity contribution in [2.24, 2.45) is 10.9 Å². The number of nitrogens with zero attached hydrogens (tertiary/aromatic N) is 4. The highest BCUT2D eigenvalue weighted by molar-refractivity contribution is 14.0. The zero-order valence-electron chi connectivity index (χ0n) is 17.6. The van der Waals surface area contributed by atoms with Crippen LogP contribution in [0.25, 0.3) is 0 Å². The van der Waals surface area contributed by atoms with Crippen molar-refractivity contribution in [3.63, 3.8) is 0 Å². The van der Waals surface area contributed by atoms with Gasteiger partial charge in [0.15, 0.2) is 5.96 Å². The Morgan fingerprint density at radius 1 is 1.28 bits per heavy atom. The molecule has 0 spiro atoms. The summed E-state index contributed by atoms with van der Waals surface area (Å²) in [6.45, 7) is 9.42. The molecule has 0 aliphatic carbocycles. The number of hydrogen-bond acceptors (Lipinski definition) is 6. The van der Waals surface area contributed by atoms with E-state index < -0.39 is 0 Å². The molecule has 2 aromatic rings. The number of halogens is 1. The van der Waals surface area contributed by atoms with Crippen molar-refractivity contribution in [1.82, 2.24) is 25.5 Å². The zero-order valence-corrected chi connectivity index (χ0v) is 21.6. The third kappa shape index (κ3) is 8.10. The highest BCUT2D eigenvalue weighted by Gasteiger charge is 2.20. The quantitative estimate of drug-likeness (QED) is 0.299. The Kier molecular flexibility index (Phi) is 10.8. The smallest absolute Gasteiger partial charge is 0.190 e. The Bertz CT molecular complexity index is 752. The maximum absolute atomic E-state index is 4.70. The first-order chi connectivity index (χ1) is 13.7. The summed E-state index contributed by atoms with van der Waals surface area (Å²) >= 11 is 3.55. The first-order valence-corrected chi connectivity index (χ1v) is 11.9. The van der Waals surface area contributed by atoms with E-state index in [2.05, 4.69) is 44.7 Å². The lowest BCUT2D eigenvalue weighted by Gasteiger charge is -2.31. The minimum Gasteiger partial charge on any atom is -0.356 e. The van der Waals surface area contributed by atoms with Gasteiger partial charge in [-0.2, -0.15) is 0 Å². The molecule has 0 aromatic carbocycles. The average molecular weight is 549 g/mol. The Labute approximate surface area is 199 Å². The molecule has 0 amide bonds. The molecule has 6 nitrogen and oxygen atoms in total. The third-order valence-corrected chi connectivity index (χ3v) is 7.09. The lowest BCUT2D eigenvalue weighted by Crippen LogP contribution is -2.43. The van der Waals surface area contributed by atoms with Crippen molar-refractivity contribution in [2.45, 2.75) is 46.1 Å². The summed E-state index contributed by atoms with van der Waals surface area (Å²) in [6.07, 6.45) is 6.38. The van der Waals surface area contributed by atoms with Gasteiger partial charge >= 0.3 is 0 Å². The van der Waals surface area contributed by atoms with Crippen molar-refractivity contribution in [2.75, 3.05) is 33.2 Å². The summed E-state index contributed by atoms with van der Waals surface area (Å²) < 4.78 is 0. The maximum Gasteiger partial charge on any atom is 0.190 e. The van der Waals surface area contributed by atoms with Gasteiger partial charge in [0.25, 0.3) is 0 Å². The molecule has 162 valence electrons. The number of aromatic nitrogens is 2. The lowest BCUT2D eigenvalue weighted by atomic mass is 9.97. The van der Waals surface area contributed by atoms with E-state index in [4.69, 9.17) is 4.98 Å². The van der Waals surface area contributed by atoms with Crippen LogP contribution in [0.15, 0.2) is 16.6 Å². The van der Waals surface area contributed by atoms with Crippen molar-refractivity contribution < 1.29 is 0 Å². The van der Waals surface area contributed by atoms with Gasteiger partial charge in [0, 0.05) is 49.6 Å². The molecular weight excluding hydrogens is 515 g/mol. The molecule has 0 radical (unpaired) electrons. The van der Waals surface area contributed by atoms with E-state index >= 15 is 0 Å². The van der Waals surface area contributed by atoms with E-state index in [-0.39, 0.29) is 24.0 Å². The summed E-state index contributed by atoms with van der Waals surface area (Å²) in [5.74, 6) is 1.60. The molecule has 1 aliphatic rings. The van der Waals surface area contributed by atoms with Crippen LogP contribution in [0.5, 0.6) is 0 Å². The zero-order chi connectivity index (χ0) is 19.8. The molecule has 3 heterocycles. The fourth-order valence-electron chi connectivity index (χ4n) is 3.43. The van der Waals surface area contributed by atoms with Crippen LogP contribution in [-0.4, -0.2) is 54.1 Å². The largest absolute Gasteiger partial charge is 0.356 e. The van der Waals surface area contributed by atoms with Crippen LogP contribution >= 0.6 is 46.7 Å². The number of thiazole rings is 2. The summed E-state index contributed by atoms with van der Waals surface area (Å²) in [5.41, 5.74) is 1.23. The number of aliphatic imine (C=N–C) groups is 1. The van der Waals surface area contributed by atoms with Gasteiger partial charge in [-0.25, -0.2) is 9.97 Å². The van der Waals surface area contributed by atoms with E-state index in [9.17, 15) is 0 Å². The average Bonchev–Trinajstić information content (AvgIpc) is 3.34. The van der Waals surface area contributed by atoms with Gasteiger partial charge in [-0.1, -0.05) is 6.92 Å². The number of guanidine groups is 1. The van der Waals surface area contributed by atoms with Crippen LogP contribution in [0.2, 0.25) is 0 Å². The first-order valence-electron chi connectivity index (χ1n) is 10.2. The predicted octanol–water partition coefficient (Wildman–Crippen LogP) is 3.71. The minimum atomic E-state index is 0. The standard InChI is InChI=1S/C20H32N6S2.HI/c1-4-18-25-17(14-27-18)13-26-9-6-16(7-10-26)12-24-20(21-3)22-8-5-19-23-11-15(2)28-19;/h11,14,16H,4-10,12-13H2,1-3H3,(H2,21,22,24);1H. The molecule has 1 aliphatic heterocycles. The Morgan fingerprint density at radius 3 is 2.69 bits per heavy atom. The van der Waals surface area contributed by atoms with Crippen LogP contribution in [0.4, 0.5) is 0 Å². The second-order valence-corrected chi connectivity index (χ2v) is 9.56. The third-order valence-electron chi connectivity index (χ3n) is 5.08. The molecule has 0 bridgehead atoms. The van der Waals surface area contributed by atoms with Crippen molar-refractivity contribution in [3.8, 4) is 0 Å². The number of piperidine rings is 1. The normalized spacial score (nSPS) is 15.9. The van der Waals surface area contributed by atoms with Gasteiger partial charge in [-0.05, 0) is 45.2 Å². The summed E-state index contributed by atoms with van der Waals surface area (Å²) in [6, 6.07) is 0. The molecular formula is C20H33IN6S2. The Balaban J connectivity index is 0.00000300. The maximum atomic E-state index is 4.70. The summed E-state index contributed by atoms with van der Waals surface area (Å²) in [7, 11) is 1.84. The predicted molar refractivity (Wildman–Crippen MR) is 135 cm³/mol. The van der Waals surface area contributed by atoms with E-state index in [0.29, 0.717) is 5.92 Å². The van der Waals surface area contributed by atoms with Gasteiger partial charge in [-0.3, -0.25) is 9.89 Å². The molecule has 2 aromatic heterocycles. The topological polar surface area (TPSA) is 65.4 Å². The first kappa shape index (κ1) is 24.5. The van der Waals surface area contributed by atoms with Gasteiger partial charge in [0.1, 0.15) is 0 Å². The molecule has 9 heteroatoms. The van der Waals surface area contributed by atoms with Crippen LogP contribution in [0.3, 0.4) is 0 Å². The highest BCUT2D eigenvalue weighted by atomic mass is 127. The molecule has 0 atom stereocenters. The number of aryl methyl sites for hydroxylation is 2. The number of nitrogens with one attached hydrogen (secondary N) is 2. The number of hydrogen-bond donors (Lipinski definition) is 2. The van der Waals surface area contributed by atoms with Gasteiger partial charge < -0.3 is 10.6 Å². The fourth-order valence-corrected chi connectivity index (χ4v) is 4.95. The Morgan fingerprint density at radius 2 is 2.07 bits per heavy atom. The van der Waals surface area contributed by atoms with E-state index in [0.717, 1.165) is 51.5 Å². The van der Waals surface area contributed by atoms with Crippen LogP contribution < -0.4 is 10.6 Å². The Hall–Kier alpha value is -0.780. The summed E-state index contributed by atoms with van der Waals surface area (Å²) in [4.78, 5) is 17.3. The van der Waals surface area contributed by atoms with E-state index in [1.165, 1.54) is 33.4 Å². The molecule has 2 N–H and O–H groups in total. The summed E-state index contributed by atoms with van der Waals surface area (Å²) in [5, 5.41) is 11.5. The van der Waals surface area contributed by atoms with Crippen LogP contribution in [0.1, 0.15) is 40.4 Å². The van der Waals surface area contributed by atoms with Crippen molar-refractivity contribution in [1.29, 1.82) is 0 Å². The molecule has 1 saturated heterocycles. The number of rotatable bonds is 8. The van der Waals surface area contributed by atoms with Crippen LogP contribution in [0, 0.1) is 12.8 Å². The molecule has 3 rings (SSSR count). The molecule has 1 fully saturated rings. The van der Waals surface area contributed by atoms with Crippen LogP contribution in [-0.2, 0) is 19.4 Å². The lowest BCUT2D eigenvalue weighted by molar-refractivity contribution is 0.176. The molecule has 0 saturated carbocycles. The number of likely N-dealkylation sites (tertiary alicyclic amines) is 1. The van der Waals surface area contributed by atoms with Gasteiger partial charge in [0.05, 0.1) is 15.7 Å². The van der Waals surface area contributed by atoms with Gasteiger partial charge in [-0.15, -0.1) is 46.7 Å². The SMILES string of the molecule is CCc1nc(CN2CCC(CNC(=NC)NCCc3ncc(C)s3)CC2)cs1.I. The molecule has 29 heavy (non-hydrogen) atoms. The second kappa shape index (κ2) is 12.8. The minimum absolute atomic E-state index is 0. The van der Waals surface area contributed by atoms with Gasteiger partial charge in [0.2, 0.25) is 0 Å². The van der Waals surface area contributed by atoms with E-state index in [1.54, 1.807) is 22.7 Å². The second-order valence-electron chi connectivity index (χ2n) is 7.30. The molecule has 0 unspecified atom stereocenters. The van der Waals surface area contributed by atoms with E-state index in [1.807, 2.05) is 13.2 Å². The highest BCUT2D eigenvalue weighted by Crippen LogP contribution is 2.19. The monoisotopic (exact) mass is 548 g/mol. The fraction of sp³-hybridized carbons (Fsp3) is 0.650. The van der Waals surface area contributed by atoms with Crippen molar-refractivity contribution in [3.05, 3.63) is 32.2 Å².